The molecular formula is C23H21N3O4. The molecule has 0 saturated carbocycles. The molecule has 6 rings (SSSR count). The van der Waals surface area contributed by atoms with E-state index in [1.165, 1.54) is 0 Å². The summed E-state index contributed by atoms with van der Waals surface area (Å²) in [5.74, 6) is 2.04. The van der Waals surface area contributed by atoms with E-state index in [2.05, 4.69) is 21.3 Å². The fourth-order valence-electron chi connectivity index (χ4n) is 4.41. The summed E-state index contributed by atoms with van der Waals surface area (Å²) in [4.78, 5) is 20.1. The Balaban J connectivity index is 1.37. The van der Waals surface area contributed by atoms with Crippen molar-refractivity contribution < 1.29 is 19.0 Å². The van der Waals surface area contributed by atoms with Crippen LogP contribution in [0.25, 0.3) is 0 Å². The van der Waals surface area contributed by atoms with Gasteiger partial charge in [-0.05, 0) is 11.6 Å². The van der Waals surface area contributed by atoms with Crippen LogP contribution in [0.5, 0.6) is 17.2 Å². The molecular weight excluding hydrogens is 382 g/mol. The summed E-state index contributed by atoms with van der Waals surface area (Å²) in [7, 11) is 0. The first kappa shape index (κ1) is 17.7. The van der Waals surface area contributed by atoms with Crippen LogP contribution in [0.15, 0.2) is 47.2 Å². The highest BCUT2D eigenvalue weighted by molar-refractivity contribution is 6.19. The van der Waals surface area contributed by atoms with Gasteiger partial charge in [0, 0.05) is 44.4 Å². The number of allylic oxidation sites excluding steroid dienone is 2. The highest BCUT2D eigenvalue weighted by Gasteiger charge is 2.36. The molecule has 7 nitrogen and oxygen atoms in total. The number of aliphatic imine (C=N–C) groups is 1. The van der Waals surface area contributed by atoms with E-state index >= 15 is 0 Å². The predicted octanol–water partition coefficient (Wildman–Crippen LogP) is 2.28. The molecule has 2 aromatic carbocycles. The number of benzene rings is 2. The van der Waals surface area contributed by atoms with E-state index in [9.17, 15) is 4.79 Å². The molecule has 0 atom stereocenters. The summed E-state index contributed by atoms with van der Waals surface area (Å²) in [6.07, 6.45) is 1.76. The SMILES string of the molecule is O=C1/C(=C/C2=NCc3ccccc32)Oc2c1cc1c(c2CN2CCNCC2)OCO1. The molecule has 0 amide bonds. The molecule has 7 heteroatoms. The minimum atomic E-state index is -0.142. The Kier molecular flexibility index (Phi) is 4.11. The van der Waals surface area contributed by atoms with E-state index in [1.807, 2.05) is 18.2 Å². The number of ketones is 1. The third-order valence-electron chi connectivity index (χ3n) is 5.96. The number of hydrogen-bond acceptors (Lipinski definition) is 7. The number of Topliss-reactive ketones (excluding diaryl/α,β-unsaturated/α-hetero) is 1. The minimum Gasteiger partial charge on any atom is -0.454 e. The minimum absolute atomic E-state index is 0.142. The molecule has 0 radical (unpaired) electrons. The lowest BCUT2D eigenvalue weighted by atomic mass is 10.0. The van der Waals surface area contributed by atoms with Crippen LogP contribution in [0.1, 0.15) is 27.0 Å². The average molecular weight is 403 g/mol. The van der Waals surface area contributed by atoms with Gasteiger partial charge >= 0.3 is 0 Å². The van der Waals surface area contributed by atoms with Crippen LogP contribution in [0.3, 0.4) is 0 Å². The first-order chi connectivity index (χ1) is 14.8. The predicted molar refractivity (Wildman–Crippen MR) is 110 cm³/mol. The highest BCUT2D eigenvalue weighted by Crippen LogP contribution is 2.47. The fourth-order valence-corrected chi connectivity index (χ4v) is 4.41. The van der Waals surface area contributed by atoms with Gasteiger partial charge in [-0.1, -0.05) is 24.3 Å². The standard InChI is InChI=1S/C23H21N3O4/c27-21-16-9-20-23(29-13-28-20)17(12-26-7-5-24-6-8-26)22(16)30-19(21)10-18-15-4-2-1-3-14(15)11-25-18/h1-4,9-10,24H,5-8,11-13H2/b19-10-. The molecule has 1 fully saturated rings. The quantitative estimate of drug-likeness (QED) is 0.793. The lowest BCUT2D eigenvalue weighted by Crippen LogP contribution is -2.42. The van der Waals surface area contributed by atoms with E-state index in [0.29, 0.717) is 41.7 Å². The molecule has 1 saturated heterocycles. The topological polar surface area (TPSA) is 72.4 Å². The van der Waals surface area contributed by atoms with Crippen LogP contribution in [-0.4, -0.2) is 49.4 Å². The van der Waals surface area contributed by atoms with Crippen molar-refractivity contribution in [3.8, 4) is 17.2 Å². The maximum absolute atomic E-state index is 13.2. The average Bonchev–Trinajstić information content (AvgIpc) is 3.48. The molecule has 4 heterocycles. The second-order valence-corrected chi connectivity index (χ2v) is 7.79. The van der Waals surface area contributed by atoms with Crippen LogP contribution in [0.2, 0.25) is 0 Å². The molecule has 1 N–H and O–H groups in total. The Bertz CT molecular complexity index is 1120. The van der Waals surface area contributed by atoms with Crippen molar-refractivity contribution in [2.75, 3.05) is 33.0 Å². The third kappa shape index (κ3) is 2.81. The van der Waals surface area contributed by atoms with Gasteiger partial charge in [-0.2, -0.15) is 0 Å². The van der Waals surface area contributed by atoms with Crippen molar-refractivity contribution in [3.05, 3.63) is 64.4 Å². The van der Waals surface area contributed by atoms with E-state index in [1.54, 1.807) is 12.1 Å². The van der Waals surface area contributed by atoms with Crippen molar-refractivity contribution in [2.45, 2.75) is 13.1 Å². The van der Waals surface area contributed by atoms with Crippen molar-refractivity contribution in [1.82, 2.24) is 10.2 Å². The molecule has 4 aliphatic rings. The summed E-state index contributed by atoms with van der Waals surface area (Å²) in [5.41, 5.74) is 4.40. The zero-order valence-corrected chi connectivity index (χ0v) is 16.4. The largest absolute Gasteiger partial charge is 0.454 e. The van der Waals surface area contributed by atoms with Gasteiger partial charge in [0.05, 0.1) is 23.4 Å². The van der Waals surface area contributed by atoms with Gasteiger partial charge in [0.15, 0.2) is 17.3 Å². The first-order valence-corrected chi connectivity index (χ1v) is 10.2. The Morgan fingerprint density at radius 2 is 1.97 bits per heavy atom. The number of fused-ring (bicyclic) bond motifs is 3. The lowest BCUT2D eigenvalue weighted by Gasteiger charge is -2.28. The third-order valence-corrected chi connectivity index (χ3v) is 5.96. The van der Waals surface area contributed by atoms with Gasteiger partial charge in [-0.15, -0.1) is 0 Å². The molecule has 0 unspecified atom stereocenters. The van der Waals surface area contributed by atoms with Crippen molar-refractivity contribution in [1.29, 1.82) is 0 Å². The number of nitrogens with zero attached hydrogens (tertiary/aromatic N) is 2. The van der Waals surface area contributed by atoms with Crippen molar-refractivity contribution in [2.24, 2.45) is 4.99 Å². The maximum Gasteiger partial charge on any atom is 0.232 e. The van der Waals surface area contributed by atoms with E-state index in [4.69, 9.17) is 14.2 Å². The summed E-state index contributed by atoms with van der Waals surface area (Å²) in [6.45, 7) is 5.20. The van der Waals surface area contributed by atoms with Gasteiger partial charge < -0.3 is 19.5 Å². The number of rotatable bonds is 3. The molecule has 30 heavy (non-hydrogen) atoms. The zero-order valence-electron chi connectivity index (χ0n) is 16.4. The van der Waals surface area contributed by atoms with E-state index in [0.717, 1.165) is 48.6 Å². The van der Waals surface area contributed by atoms with Crippen LogP contribution in [-0.2, 0) is 13.1 Å². The lowest BCUT2D eigenvalue weighted by molar-refractivity contribution is 0.101. The maximum atomic E-state index is 13.2. The summed E-state index contributed by atoms with van der Waals surface area (Å²) in [6, 6.07) is 9.81. The number of carbonyl (C=O) groups excluding carboxylic acids is 1. The summed E-state index contributed by atoms with van der Waals surface area (Å²) in [5, 5.41) is 3.36. The molecule has 0 aliphatic carbocycles. The number of piperazine rings is 1. The monoisotopic (exact) mass is 403 g/mol. The van der Waals surface area contributed by atoms with E-state index < -0.39 is 0 Å². The number of nitrogens with one attached hydrogen (secondary N) is 1. The van der Waals surface area contributed by atoms with E-state index in [-0.39, 0.29) is 12.6 Å². The molecule has 0 spiro atoms. The van der Waals surface area contributed by atoms with Gasteiger partial charge in [0.1, 0.15) is 5.75 Å². The molecule has 2 aromatic rings. The van der Waals surface area contributed by atoms with Crippen LogP contribution >= 0.6 is 0 Å². The van der Waals surface area contributed by atoms with Crippen LogP contribution in [0.4, 0.5) is 0 Å². The van der Waals surface area contributed by atoms with Gasteiger partial charge in [0.2, 0.25) is 12.6 Å². The highest BCUT2D eigenvalue weighted by atomic mass is 16.7. The summed E-state index contributed by atoms with van der Waals surface area (Å²) >= 11 is 0. The normalized spacial score (nSPS) is 20.9. The number of carbonyl (C=O) groups is 1. The Morgan fingerprint density at radius 1 is 1.10 bits per heavy atom. The summed E-state index contributed by atoms with van der Waals surface area (Å²) < 4.78 is 17.5. The Labute approximate surface area is 173 Å². The molecule has 0 bridgehead atoms. The Morgan fingerprint density at radius 3 is 2.87 bits per heavy atom. The molecule has 152 valence electrons. The first-order valence-electron chi connectivity index (χ1n) is 10.2. The van der Waals surface area contributed by atoms with Crippen LogP contribution in [0, 0.1) is 0 Å². The molecule has 0 aromatic heterocycles. The Hall–Kier alpha value is -3.16. The number of ether oxygens (including phenoxy) is 3. The van der Waals surface area contributed by atoms with Crippen LogP contribution < -0.4 is 19.5 Å². The second-order valence-electron chi connectivity index (χ2n) is 7.79. The number of hydrogen-bond donors (Lipinski definition) is 1. The zero-order chi connectivity index (χ0) is 20.1. The van der Waals surface area contributed by atoms with Crippen molar-refractivity contribution in [3.63, 3.8) is 0 Å². The smallest absolute Gasteiger partial charge is 0.232 e. The fraction of sp³-hybridized carbons (Fsp3) is 0.304. The molecule has 4 aliphatic heterocycles. The van der Waals surface area contributed by atoms with Gasteiger partial charge in [0.25, 0.3) is 0 Å². The van der Waals surface area contributed by atoms with Crippen molar-refractivity contribution >= 4 is 11.5 Å². The van der Waals surface area contributed by atoms with Gasteiger partial charge in [-0.25, -0.2) is 0 Å². The second kappa shape index (κ2) is 6.97. The van der Waals surface area contributed by atoms with Gasteiger partial charge in [-0.3, -0.25) is 14.7 Å².